The Morgan fingerprint density at radius 2 is 2.06 bits per heavy atom. The fourth-order valence-electron chi connectivity index (χ4n) is 2.34. The molecule has 0 radical (unpaired) electrons. The Bertz CT molecular complexity index is 383. The Balaban J connectivity index is 0.00000162. The molecule has 0 unspecified atom stereocenters. The van der Waals surface area contributed by atoms with Crippen LogP contribution in [0.4, 0.5) is 4.39 Å². The van der Waals surface area contributed by atoms with E-state index in [-0.39, 0.29) is 25.1 Å². The van der Waals surface area contributed by atoms with Gasteiger partial charge in [0.25, 0.3) is 0 Å². The number of hydrogen-bond donors (Lipinski definition) is 1. The highest BCUT2D eigenvalue weighted by molar-refractivity contribution is 9.10. The third-order valence-corrected chi connectivity index (χ3v) is 3.83. The van der Waals surface area contributed by atoms with E-state index < -0.39 is 0 Å². The number of nitrogens with zero attached hydrogens (tertiary/aromatic N) is 1. The lowest BCUT2D eigenvalue weighted by molar-refractivity contribution is 0.147. The SMILES string of the molecule is Cc1ccc(Br)cc1[C@@H](CF)N1CCNCC1.Cl. The molecule has 1 aromatic carbocycles. The molecular weight excluding hydrogens is 319 g/mol. The van der Waals surface area contributed by atoms with E-state index in [2.05, 4.69) is 26.1 Å². The Labute approximate surface area is 122 Å². The monoisotopic (exact) mass is 336 g/mol. The van der Waals surface area contributed by atoms with E-state index in [4.69, 9.17) is 0 Å². The smallest absolute Gasteiger partial charge is 0.109 e. The summed E-state index contributed by atoms with van der Waals surface area (Å²) in [5, 5.41) is 3.30. The average Bonchev–Trinajstić information content (AvgIpc) is 2.36. The normalized spacial score (nSPS) is 18.2. The van der Waals surface area contributed by atoms with Crippen LogP contribution >= 0.6 is 28.3 Å². The van der Waals surface area contributed by atoms with E-state index >= 15 is 0 Å². The van der Waals surface area contributed by atoms with E-state index in [0.29, 0.717) is 0 Å². The third kappa shape index (κ3) is 3.67. The Kier molecular flexibility index (Phi) is 6.57. The predicted molar refractivity (Wildman–Crippen MR) is 79.3 cm³/mol. The van der Waals surface area contributed by atoms with Gasteiger partial charge in [-0.25, -0.2) is 4.39 Å². The molecule has 0 aliphatic carbocycles. The first-order valence-corrected chi connectivity index (χ1v) is 6.78. The van der Waals surface area contributed by atoms with Crippen LogP contribution in [0.1, 0.15) is 17.2 Å². The van der Waals surface area contributed by atoms with Gasteiger partial charge in [0.15, 0.2) is 0 Å². The molecule has 1 atom stereocenters. The van der Waals surface area contributed by atoms with Crippen LogP contribution in [0.25, 0.3) is 0 Å². The molecular formula is C13H19BrClFN2. The van der Waals surface area contributed by atoms with Gasteiger partial charge in [0.1, 0.15) is 6.67 Å². The highest BCUT2D eigenvalue weighted by atomic mass is 79.9. The molecule has 1 N–H and O–H groups in total. The maximum absolute atomic E-state index is 13.4. The number of halogens is 3. The van der Waals surface area contributed by atoms with Crippen LogP contribution in [0.3, 0.4) is 0 Å². The van der Waals surface area contributed by atoms with Crippen molar-refractivity contribution < 1.29 is 4.39 Å². The summed E-state index contributed by atoms with van der Waals surface area (Å²) in [7, 11) is 0. The average molecular weight is 338 g/mol. The van der Waals surface area contributed by atoms with Crippen LogP contribution in [0, 0.1) is 6.92 Å². The van der Waals surface area contributed by atoms with Gasteiger partial charge < -0.3 is 5.32 Å². The molecule has 2 nitrogen and oxygen atoms in total. The summed E-state index contributed by atoms with van der Waals surface area (Å²) in [6.07, 6.45) is 0. The van der Waals surface area contributed by atoms with E-state index in [1.807, 2.05) is 25.1 Å². The molecule has 1 aromatic rings. The zero-order valence-electron chi connectivity index (χ0n) is 10.5. The Morgan fingerprint density at radius 1 is 1.39 bits per heavy atom. The number of nitrogens with one attached hydrogen (secondary N) is 1. The van der Waals surface area contributed by atoms with Crippen molar-refractivity contribution in [3.05, 3.63) is 33.8 Å². The summed E-state index contributed by atoms with van der Waals surface area (Å²) >= 11 is 3.46. The zero-order chi connectivity index (χ0) is 12.3. The quantitative estimate of drug-likeness (QED) is 0.912. The number of rotatable bonds is 3. The first-order chi connectivity index (χ1) is 8.22. The third-order valence-electron chi connectivity index (χ3n) is 3.34. The summed E-state index contributed by atoms with van der Waals surface area (Å²) in [5.74, 6) is 0. The van der Waals surface area contributed by atoms with Crippen LogP contribution in [0.15, 0.2) is 22.7 Å². The topological polar surface area (TPSA) is 15.3 Å². The molecule has 1 heterocycles. The van der Waals surface area contributed by atoms with Crippen molar-refractivity contribution in [2.75, 3.05) is 32.9 Å². The van der Waals surface area contributed by atoms with Crippen molar-refractivity contribution in [1.82, 2.24) is 10.2 Å². The molecule has 0 saturated carbocycles. The molecule has 1 fully saturated rings. The summed E-state index contributed by atoms with van der Waals surface area (Å²) in [6, 6.07) is 5.99. The maximum Gasteiger partial charge on any atom is 0.109 e. The lowest BCUT2D eigenvalue weighted by atomic mass is 10.0. The second-order valence-corrected chi connectivity index (χ2v) is 5.37. The van der Waals surface area contributed by atoms with Gasteiger partial charge in [-0.05, 0) is 30.2 Å². The van der Waals surface area contributed by atoms with Crippen molar-refractivity contribution in [1.29, 1.82) is 0 Å². The molecule has 1 aliphatic rings. The van der Waals surface area contributed by atoms with Gasteiger partial charge in [-0.2, -0.15) is 0 Å². The summed E-state index contributed by atoms with van der Waals surface area (Å²) in [5.41, 5.74) is 2.26. The standard InChI is InChI=1S/C13H18BrFN2.ClH/c1-10-2-3-11(14)8-12(10)13(9-15)17-6-4-16-5-7-17;/h2-3,8,13,16H,4-7,9H2,1H3;1H/t13-;/m1./s1. The molecule has 5 heteroatoms. The number of hydrogen-bond acceptors (Lipinski definition) is 2. The lowest BCUT2D eigenvalue weighted by Crippen LogP contribution is -2.45. The summed E-state index contributed by atoms with van der Waals surface area (Å²) in [4.78, 5) is 2.23. The molecule has 2 rings (SSSR count). The number of aryl methyl sites for hydroxylation is 1. The van der Waals surface area contributed by atoms with Gasteiger partial charge in [0.05, 0.1) is 6.04 Å². The second-order valence-electron chi connectivity index (χ2n) is 4.46. The van der Waals surface area contributed by atoms with Crippen molar-refractivity contribution in [3.8, 4) is 0 Å². The van der Waals surface area contributed by atoms with Crippen molar-refractivity contribution in [3.63, 3.8) is 0 Å². The van der Waals surface area contributed by atoms with Crippen LogP contribution in [-0.2, 0) is 0 Å². The van der Waals surface area contributed by atoms with Crippen LogP contribution in [0.5, 0.6) is 0 Å². The first kappa shape index (κ1) is 15.9. The van der Waals surface area contributed by atoms with Crippen LogP contribution in [0.2, 0.25) is 0 Å². The van der Waals surface area contributed by atoms with E-state index in [1.165, 1.54) is 0 Å². The summed E-state index contributed by atoms with van der Waals surface area (Å²) in [6.45, 7) is 5.46. The highest BCUT2D eigenvalue weighted by Gasteiger charge is 2.23. The molecule has 0 aromatic heterocycles. The minimum absolute atomic E-state index is 0. The molecule has 0 amide bonds. The molecule has 1 aliphatic heterocycles. The predicted octanol–water partition coefficient (Wildman–Crippen LogP) is 3.10. The summed E-state index contributed by atoms with van der Waals surface area (Å²) < 4.78 is 14.4. The molecule has 102 valence electrons. The van der Waals surface area contributed by atoms with Gasteiger partial charge in [-0.15, -0.1) is 12.4 Å². The van der Waals surface area contributed by atoms with Gasteiger partial charge in [-0.3, -0.25) is 4.90 Å². The molecule has 18 heavy (non-hydrogen) atoms. The molecule has 0 spiro atoms. The first-order valence-electron chi connectivity index (χ1n) is 5.99. The number of piperazine rings is 1. The molecule has 0 bridgehead atoms. The van der Waals surface area contributed by atoms with Gasteiger partial charge in [0, 0.05) is 30.7 Å². The molecule has 1 saturated heterocycles. The fourth-order valence-corrected chi connectivity index (χ4v) is 2.72. The second kappa shape index (κ2) is 7.43. The Morgan fingerprint density at radius 3 is 2.67 bits per heavy atom. The van der Waals surface area contributed by atoms with Crippen LogP contribution < -0.4 is 5.32 Å². The van der Waals surface area contributed by atoms with E-state index in [0.717, 1.165) is 41.8 Å². The fraction of sp³-hybridized carbons (Fsp3) is 0.538. The van der Waals surface area contributed by atoms with Crippen LogP contribution in [-0.4, -0.2) is 37.8 Å². The zero-order valence-corrected chi connectivity index (χ0v) is 12.9. The van der Waals surface area contributed by atoms with Gasteiger partial charge >= 0.3 is 0 Å². The van der Waals surface area contributed by atoms with Gasteiger partial charge in [-0.1, -0.05) is 22.0 Å². The van der Waals surface area contributed by atoms with Crippen molar-refractivity contribution >= 4 is 28.3 Å². The largest absolute Gasteiger partial charge is 0.314 e. The van der Waals surface area contributed by atoms with E-state index in [9.17, 15) is 4.39 Å². The maximum atomic E-state index is 13.4. The minimum Gasteiger partial charge on any atom is -0.314 e. The number of benzene rings is 1. The highest BCUT2D eigenvalue weighted by Crippen LogP contribution is 2.27. The van der Waals surface area contributed by atoms with E-state index in [1.54, 1.807) is 0 Å². The minimum atomic E-state index is -0.322. The van der Waals surface area contributed by atoms with Crippen molar-refractivity contribution in [2.45, 2.75) is 13.0 Å². The Hall–Kier alpha value is -0.160. The number of alkyl halides is 1. The van der Waals surface area contributed by atoms with Crippen molar-refractivity contribution in [2.24, 2.45) is 0 Å². The van der Waals surface area contributed by atoms with Gasteiger partial charge in [0.2, 0.25) is 0 Å². The lowest BCUT2D eigenvalue weighted by Gasteiger charge is -2.34.